The quantitative estimate of drug-likeness (QED) is 0.756. The van der Waals surface area contributed by atoms with E-state index in [0.717, 1.165) is 19.4 Å². The van der Waals surface area contributed by atoms with Gasteiger partial charge in [0.05, 0.1) is 11.8 Å². The summed E-state index contributed by atoms with van der Waals surface area (Å²) in [5.74, 6) is -1.72. The second kappa shape index (κ2) is 6.37. The second-order valence-electron chi connectivity index (χ2n) is 5.84. The van der Waals surface area contributed by atoms with Gasteiger partial charge in [0.25, 0.3) is 0 Å². The number of carboxylic acid groups (broad SMARTS) is 1. The van der Waals surface area contributed by atoms with Crippen molar-refractivity contribution in [2.45, 2.75) is 44.6 Å². The molecule has 2 N–H and O–H groups in total. The van der Waals surface area contributed by atoms with Crippen molar-refractivity contribution >= 4 is 11.9 Å². The zero-order chi connectivity index (χ0) is 13.8. The molecule has 0 heterocycles. The Morgan fingerprint density at radius 2 is 1.79 bits per heavy atom. The second-order valence-corrected chi connectivity index (χ2v) is 5.84. The van der Waals surface area contributed by atoms with Crippen LogP contribution in [0.4, 0.5) is 0 Å². The smallest absolute Gasteiger partial charge is 0.307 e. The van der Waals surface area contributed by atoms with E-state index in [1.807, 2.05) is 0 Å². The van der Waals surface area contributed by atoms with Crippen LogP contribution in [0.15, 0.2) is 0 Å². The van der Waals surface area contributed by atoms with Crippen LogP contribution in [0.25, 0.3) is 0 Å². The van der Waals surface area contributed by atoms with E-state index in [9.17, 15) is 9.59 Å². The van der Waals surface area contributed by atoms with E-state index in [1.54, 1.807) is 0 Å². The van der Waals surface area contributed by atoms with E-state index in [4.69, 9.17) is 5.11 Å². The van der Waals surface area contributed by atoms with Crippen molar-refractivity contribution in [1.29, 1.82) is 0 Å². The van der Waals surface area contributed by atoms with E-state index < -0.39 is 11.9 Å². The van der Waals surface area contributed by atoms with Crippen LogP contribution in [0, 0.1) is 11.8 Å². The minimum atomic E-state index is -0.824. The highest BCUT2D eigenvalue weighted by molar-refractivity contribution is 5.84. The average molecular weight is 268 g/mol. The highest BCUT2D eigenvalue weighted by Crippen LogP contribution is 2.30. The lowest BCUT2D eigenvalue weighted by atomic mass is 9.79. The maximum atomic E-state index is 12.1. The lowest BCUT2D eigenvalue weighted by Gasteiger charge is -2.27. The number of carbonyl (C=O) groups is 2. The van der Waals surface area contributed by atoms with Crippen LogP contribution in [-0.4, -0.2) is 48.1 Å². The summed E-state index contributed by atoms with van der Waals surface area (Å²) >= 11 is 0. The van der Waals surface area contributed by atoms with Crippen molar-refractivity contribution in [3.05, 3.63) is 0 Å². The molecule has 0 bridgehead atoms. The molecule has 2 aliphatic carbocycles. The van der Waals surface area contributed by atoms with Gasteiger partial charge in [-0.05, 0) is 32.7 Å². The number of aliphatic carboxylic acids is 1. The molecule has 0 aromatic carbocycles. The Morgan fingerprint density at radius 1 is 1.16 bits per heavy atom. The molecule has 2 rings (SSSR count). The third-order valence-corrected chi connectivity index (χ3v) is 4.35. The van der Waals surface area contributed by atoms with Crippen molar-refractivity contribution in [1.82, 2.24) is 10.2 Å². The van der Waals surface area contributed by atoms with Crippen LogP contribution < -0.4 is 5.32 Å². The van der Waals surface area contributed by atoms with E-state index in [-0.39, 0.29) is 11.8 Å². The number of rotatable bonds is 6. The van der Waals surface area contributed by atoms with Crippen LogP contribution in [0.1, 0.15) is 38.5 Å². The molecule has 0 aromatic heterocycles. The van der Waals surface area contributed by atoms with E-state index >= 15 is 0 Å². The molecule has 0 aliphatic heterocycles. The normalized spacial score (nSPS) is 27.3. The maximum absolute atomic E-state index is 12.1. The lowest BCUT2D eigenvalue weighted by Crippen LogP contribution is -2.42. The van der Waals surface area contributed by atoms with Gasteiger partial charge in [-0.2, -0.15) is 0 Å². The SMILES string of the molecule is CN(CCNC(=O)[C@@H]1CCCC[C@@H]1C(=O)O)C1CC1. The molecule has 2 aliphatic rings. The van der Waals surface area contributed by atoms with Gasteiger partial charge in [-0.15, -0.1) is 0 Å². The number of carboxylic acids is 1. The first-order chi connectivity index (χ1) is 9.09. The number of likely N-dealkylation sites (N-methyl/N-ethyl adjacent to an activating group) is 1. The molecule has 5 heteroatoms. The van der Waals surface area contributed by atoms with E-state index in [0.29, 0.717) is 25.4 Å². The molecule has 19 heavy (non-hydrogen) atoms. The maximum Gasteiger partial charge on any atom is 0.307 e. The van der Waals surface area contributed by atoms with Gasteiger partial charge < -0.3 is 15.3 Å². The fourth-order valence-corrected chi connectivity index (χ4v) is 2.92. The third-order valence-electron chi connectivity index (χ3n) is 4.35. The summed E-state index contributed by atoms with van der Waals surface area (Å²) in [7, 11) is 2.07. The van der Waals surface area contributed by atoms with Gasteiger partial charge in [-0.1, -0.05) is 12.8 Å². The molecule has 2 saturated carbocycles. The fraction of sp³-hybridized carbons (Fsp3) is 0.857. The van der Waals surface area contributed by atoms with Crippen LogP contribution in [0.3, 0.4) is 0 Å². The number of nitrogens with zero attached hydrogens (tertiary/aromatic N) is 1. The zero-order valence-corrected chi connectivity index (χ0v) is 11.6. The van der Waals surface area contributed by atoms with Crippen LogP contribution in [0.2, 0.25) is 0 Å². The summed E-state index contributed by atoms with van der Waals surface area (Å²) in [6.07, 6.45) is 5.74. The van der Waals surface area contributed by atoms with Gasteiger partial charge in [0.15, 0.2) is 0 Å². The number of nitrogens with one attached hydrogen (secondary N) is 1. The number of hydrogen-bond acceptors (Lipinski definition) is 3. The molecule has 0 radical (unpaired) electrons. The molecule has 1 amide bonds. The van der Waals surface area contributed by atoms with Gasteiger partial charge in [0, 0.05) is 19.1 Å². The Labute approximate surface area is 114 Å². The van der Waals surface area contributed by atoms with Crippen LogP contribution in [-0.2, 0) is 9.59 Å². The van der Waals surface area contributed by atoms with Crippen LogP contribution in [0.5, 0.6) is 0 Å². The van der Waals surface area contributed by atoms with Crippen molar-refractivity contribution in [3.63, 3.8) is 0 Å². The van der Waals surface area contributed by atoms with Crippen molar-refractivity contribution in [2.24, 2.45) is 11.8 Å². The van der Waals surface area contributed by atoms with E-state index in [1.165, 1.54) is 12.8 Å². The number of hydrogen-bond donors (Lipinski definition) is 2. The highest BCUT2D eigenvalue weighted by atomic mass is 16.4. The summed E-state index contributed by atoms with van der Waals surface area (Å²) in [5.41, 5.74) is 0. The molecule has 2 atom stereocenters. The molecule has 5 nitrogen and oxygen atoms in total. The first-order valence-electron chi connectivity index (χ1n) is 7.30. The minimum Gasteiger partial charge on any atom is -0.481 e. The zero-order valence-electron chi connectivity index (χ0n) is 11.6. The van der Waals surface area contributed by atoms with Gasteiger partial charge in [0.1, 0.15) is 0 Å². The summed E-state index contributed by atoms with van der Waals surface area (Å²) in [4.78, 5) is 25.5. The Morgan fingerprint density at radius 3 is 2.37 bits per heavy atom. The van der Waals surface area contributed by atoms with Gasteiger partial charge >= 0.3 is 5.97 Å². The molecule has 108 valence electrons. The molecule has 2 fully saturated rings. The van der Waals surface area contributed by atoms with Crippen molar-refractivity contribution in [3.8, 4) is 0 Å². The minimum absolute atomic E-state index is 0.0729. The van der Waals surface area contributed by atoms with Crippen molar-refractivity contribution in [2.75, 3.05) is 20.1 Å². The number of carbonyl (C=O) groups excluding carboxylic acids is 1. The topological polar surface area (TPSA) is 69.6 Å². The third kappa shape index (κ3) is 3.93. The Bertz CT molecular complexity index is 342. The molecule has 0 aromatic rings. The van der Waals surface area contributed by atoms with Gasteiger partial charge in [-0.3, -0.25) is 9.59 Å². The van der Waals surface area contributed by atoms with Gasteiger partial charge in [-0.25, -0.2) is 0 Å². The Kier molecular flexibility index (Phi) is 4.80. The largest absolute Gasteiger partial charge is 0.481 e. The summed E-state index contributed by atoms with van der Waals surface area (Å²) in [6, 6.07) is 0.693. The molecular formula is C14H24N2O3. The Hall–Kier alpha value is -1.10. The highest BCUT2D eigenvalue weighted by Gasteiger charge is 2.35. The summed E-state index contributed by atoms with van der Waals surface area (Å²) in [5, 5.41) is 12.1. The predicted molar refractivity (Wildman–Crippen MR) is 71.7 cm³/mol. The summed E-state index contributed by atoms with van der Waals surface area (Å²) < 4.78 is 0. The molecular weight excluding hydrogens is 244 g/mol. The van der Waals surface area contributed by atoms with Crippen molar-refractivity contribution < 1.29 is 14.7 Å². The monoisotopic (exact) mass is 268 g/mol. The average Bonchev–Trinajstić information content (AvgIpc) is 3.22. The Balaban J connectivity index is 1.75. The van der Waals surface area contributed by atoms with Crippen LogP contribution >= 0.6 is 0 Å². The molecule has 0 unspecified atom stereocenters. The first-order valence-corrected chi connectivity index (χ1v) is 7.30. The van der Waals surface area contributed by atoms with Gasteiger partial charge in [0.2, 0.25) is 5.91 Å². The number of amides is 1. The fourth-order valence-electron chi connectivity index (χ4n) is 2.92. The first kappa shape index (κ1) is 14.3. The standard InChI is InChI=1S/C14H24N2O3/c1-16(10-6-7-10)9-8-15-13(17)11-4-2-3-5-12(11)14(18)19/h10-12H,2-9H2,1H3,(H,15,17)(H,18,19)/t11-,12+/m1/s1. The van der Waals surface area contributed by atoms with E-state index in [2.05, 4.69) is 17.3 Å². The lowest BCUT2D eigenvalue weighted by molar-refractivity contribution is -0.148. The molecule has 0 saturated heterocycles. The molecule has 0 spiro atoms. The predicted octanol–water partition coefficient (Wildman–Crippen LogP) is 1.09. The summed E-state index contributed by atoms with van der Waals surface area (Å²) in [6.45, 7) is 1.47.